The first kappa shape index (κ1) is 15.7. The summed E-state index contributed by atoms with van der Waals surface area (Å²) in [7, 11) is 0. The number of aryl methyl sites for hydroxylation is 1. The van der Waals surface area contributed by atoms with Gasteiger partial charge in [0.2, 0.25) is 0 Å². The van der Waals surface area contributed by atoms with Crippen LogP contribution in [0.4, 0.5) is 5.88 Å². The summed E-state index contributed by atoms with van der Waals surface area (Å²) in [6.07, 6.45) is -1.21. The number of benzene rings is 1. The summed E-state index contributed by atoms with van der Waals surface area (Å²) < 4.78 is 11.2. The van der Waals surface area contributed by atoms with Crippen molar-refractivity contribution in [2.45, 2.75) is 20.0 Å². The van der Waals surface area contributed by atoms with E-state index in [9.17, 15) is 14.7 Å². The maximum Gasteiger partial charge on any atom is 0.200 e. The van der Waals surface area contributed by atoms with Crippen molar-refractivity contribution in [3.63, 3.8) is 0 Å². The lowest BCUT2D eigenvalue weighted by molar-refractivity contribution is -0.125. The molecule has 6 nitrogen and oxygen atoms in total. The molecule has 0 saturated carbocycles. The van der Waals surface area contributed by atoms with E-state index in [0.29, 0.717) is 54.3 Å². The third-order valence-electron chi connectivity index (χ3n) is 4.18. The van der Waals surface area contributed by atoms with Gasteiger partial charge < -0.3 is 19.2 Å². The van der Waals surface area contributed by atoms with Gasteiger partial charge in [-0.25, -0.2) is 0 Å². The van der Waals surface area contributed by atoms with Gasteiger partial charge in [0.15, 0.2) is 17.1 Å². The molecule has 1 aromatic heterocycles. The Kier molecular flexibility index (Phi) is 4.19. The summed E-state index contributed by atoms with van der Waals surface area (Å²) in [5, 5.41) is 10.5. The zero-order valence-corrected chi connectivity index (χ0v) is 13.2. The molecule has 2 aromatic rings. The molecule has 0 aliphatic carbocycles. The van der Waals surface area contributed by atoms with E-state index >= 15 is 0 Å². The average molecular weight is 317 g/mol. The fourth-order valence-electron chi connectivity index (χ4n) is 2.81. The molecule has 1 N–H and O–H groups in total. The summed E-state index contributed by atoms with van der Waals surface area (Å²) in [5.41, 5.74) is 1.35. The standard InChI is InChI=1S/C17H19NO5/c1-10-12(16(21)11(2)19)3-4-13-14(20)9-15(23-17(10)13)18-5-7-22-8-6-18/h3-4,9,16,21H,5-8H2,1-2H3. The van der Waals surface area contributed by atoms with E-state index < -0.39 is 6.10 Å². The molecule has 0 spiro atoms. The Balaban J connectivity index is 2.15. The number of carbonyl (C=O) groups excluding carboxylic acids is 1. The highest BCUT2D eigenvalue weighted by Crippen LogP contribution is 2.28. The fraction of sp³-hybridized carbons (Fsp3) is 0.412. The van der Waals surface area contributed by atoms with Crippen LogP contribution in [0.25, 0.3) is 11.0 Å². The Bertz CT molecular complexity index is 804. The molecule has 0 radical (unpaired) electrons. The molecule has 1 unspecified atom stereocenters. The van der Waals surface area contributed by atoms with E-state index in [1.54, 1.807) is 19.1 Å². The lowest BCUT2D eigenvalue weighted by atomic mass is 9.98. The molecule has 1 atom stereocenters. The molecule has 2 heterocycles. The molecule has 0 amide bonds. The van der Waals surface area contributed by atoms with Gasteiger partial charge in [-0.2, -0.15) is 0 Å². The van der Waals surface area contributed by atoms with Gasteiger partial charge in [-0.1, -0.05) is 6.07 Å². The fourth-order valence-corrected chi connectivity index (χ4v) is 2.81. The van der Waals surface area contributed by atoms with Crippen LogP contribution in [0, 0.1) is 6.92 Å². The normalized spacial score (nSPS) is 16.6. The number of nitrogens with zero attached hydrogens (tertiary/aromatic N) is 1. The van der Waals surface area contributed by atoms with Gasteiger partial charge in [-0.3, -0.25) is 9.59 Å². The lowest BCUT2D eigenvalue weighted by Gasteiger charge is -2.27. The van der Waals surface area contributed by atoms with Gasteiger partial charge in [0.05, 0.1) is 18.6 Å². The topological polar surface area (TPSA) is 80.0 Å². The quantitative estimate of drug-likeness (QED) is 0.925. The molecular formula is C17H19NO5. The Morgan fingerprint density at radius 2 is 2.00 bits per heavy atom. The van der Waals surface area contributed by atoms with Crippen LogP contribution in [0.1, 0.15) is 24.2 Å². The van der Waals surface area contributed by atoms with Crippen molar-refractivity contribution in [2.24, 2.45) is 0 Å². The Labute approximate surface area is 133 Å². The first-order chi connectivity index (χ1) is 11.0. The maximum absolute atomic E-state index is 12.4. The molecule has 1 aliphatic rings. The number of aliphatic hydroxyl groups is 1. The van der Waals surface area contributed by atoms with Crippen LogP contribution in [-0.2, 0) is 9.53 Å². The first-order valence-electron chi connectivity index (χ1n) is 7.57. The number of aliphatic hydroxyl groups excluding tert-OH is 1. The Morgan fingerprint density at radius 1 is 1.30 bits per heavy atom. The largest absolute Gasteiger partial charge is 0.440 e. The van der Waals surface area contributed by atoms with Gasteiger partial charge in [0.1, 0.15) is 11.7 Å². The second-order valence-corrected chi connectivity index (χ2v) is 5.72. The SMILES string of the molecule is CC(=O)C(O)c1ccc2c(=O)cc(N3CCOCC3)oc2c1C. The van der Waals surface area contributed by atoms with Crippen molar-refractivity contribution in [1.82, 2.24) is 0 Å². The van der Waals surface area contributed by atoms with Crippen LogP contribution in [0.2, 0.25) is 0 Å². The van der Waals surface area contributed by atoms with Crippen LogP contribution in [0.15, 0.2) is 27.4 Å². The van der Waals surface area contributed by atoms with Crippen LogP contribution in [0.3, 0.4) is 0 Å². The summed E-state index contributed by atoms with van der Waals surface area (Å²) in [6.45, 7) is 5.56. The van der Waals surface area contributed by atoms with Gasteiger partial charge in [-0.15, -0.1) is 0 Å². The molecule has 1 fully saturated rings. The zero-order chi connectivity index (χ0) is 16.6. The van der Waals surface area contributed by atoms with Gasteiger partial charge >= 0.3 is 0 Å². The predicted molar refractivity (Wildman–Crippen MR) is 85.9 cm³/mol. The van der Waals surface area contributed by atoms with Crippen LogP contribution in [-0.4, -0.2) is 37.2 Å². The maximum atomic E-state index is 12.4. The molecule has 0 bridgehead atoms. The molecule has 1 saturated heterocycles. The molecule has 1 aromatic carbocycles. The third-order valence-corrected chi connectivity index (χ3v) is 4.18. The van der Waals surface area contributed by atoms with E-state index in [0.717, 1.165) is 0 Å². The van der Waals surface area contributed by atoms with E-state index in [1.165, 1.54) is 13.0 Å². The van der Waals surface area contributed by atoms with Crippen LogP contribution in [0.5, 0.6) is 0 Å². The van der Waals surface area contributed by atoms with E-state index in [4.69, 9.17) is 9.15 Å². The average Bonchev–Trinajstić information content (AvgIpc) is 2.55. The van der Waals surface area contributed by atoms with Crippen molar-refractivity contribution >= 4 is 22.6 Å². The lowest BCUT2D eigenvalue weighted by Crippen LogP contribution is -2.36. The number of carbonyl (C=O) groups is 1. The van der Waals surface area contributed by atoms with Crippen molar-refractivity contribution in [3.05, 3.63) is 39.5 Å². The van der Waals surface area contributed by atoms with Gasteiger partial charge in [0.25, 0.3) is 0 Å². The third kappa shape index (κ3) is 2.87. The van der Waals surface area contributed by atoms with Crippen molar-refractivity contribution in [2.75, 3.05) is 31.2 Å². The van der Waals surface area contributed by atoms with E-state index in [1.807, 2.05) is 4.90 Å². The number of ether oxygens (including phenoxy) is 1. The minimum Gasteiger partial charge on any atom is -0.440 e. The van der Waals surface area contributed by atoms with Crippen molar-refractivity contribution in [3.8, 4) is 0 Å². The second kappa shape index (κ2) is 6.14. The molecule has 1 aliphatic heterocycles. The summed E-state index contributed by atoms with van der Waals surface area (Å²) in [4.78, 5) is 25.8. The van der Waals surface area contributed by atoms with Crippen molar-refractivity contribution in [1.29, 1.82) is 0 Å². The highest BCUT2D eigenvalue weighted by atomic mass is 16.5. The zero-order valence-electron chi connectivity index (χ0n) is 13.2. The Hall–Kier alpha value is -2.18. The number of hydrogen-bond acceptors (Lipinski definition) is 6. The molecule has 3 rings (SSSR count). The highest BCUT2D eigenvalue weighted by molar-refractivity contribution is 5.87. The summed E-state index contributed by atoms with van der Waals surface area (Å²) >= 11 is 0. The summed E-state index contributed by atoms with van der Waals surface area (Å²) in [6, 6.07) is 4.68. The first-order valence-corrected chi connectivity index (χ1v) is 7.57. The van der Waals surface area contributed by atoms with E-state index in [-0.39, 0.29) is 11.2 Å². The Morgan fingerprint density at radius 3 is 2.65 bits per heavy atom. The molecular weight excluding hydrogens is 298 g/mol. The number of ketones is 1. The molecule has 23 heavy (non-hydrogen) atoms. The van der Waals surface area contributed by atoms with Crippen LogP contribution < -0.4 is 10.3 Å². The highest BCUT2D eigenvalue weighted by Gasteiger charge is 2.20. The number of hydrogen-bond donors (Lipinski definition) is 1. The number of rotatable bonds is 3. The monoisotopic (exact) mass is 317 g/mol. The predicted octanol–water partition coefficient (Wildman–Crippen LogP) is 1.56. The molecule has 6 heteroatoms. The summed E-state index contributed by atoms with van der Waals surface area (Å²) in [5.74, 6) is 0.141. The van der Waals surface area contributed by atoms with Crippen LogP contribution >= 0.6 is 0 Å². The number of anilines is 1. The molecule has 122 valence electrons. The van der Waals surface area contributed by atoms with Gasteiger partial charge in [-0.05, 0) is 31.0 Å². The number of morpholine rings is 1. The minimum absolute atomic E-state index is 0.139. The van der Waals surface area contributed by atoms with E-state index in [2.05, 4.69) is 0 Å². The van der Waals surface area contributed by atoms with Gasteiger partial charge in [0, 0.05) is 19.2 Å². The number of fused-ring (bicyclic) bond motifs is 1. The van der Waals surface area contributed by atoms with Crippen molar-refractivity contribution < 1.29 is 19.1 Å². The number of Topliss-reactive ketones (excluding diaryl/α,β-unsaturated/α-hetero) is 1. The second-order valence-electron chi connectivity index (χ2n) is 5.72. The smallest absolute Gasteiger partial charge is 0.200 e. The minimum atomic E-state index is -1.21.